The number of ether oxygens (including phenoxy) is 1. The normalized spacial score (nSPS) is 22.0. The Bertz CT molecular complexity index is 348. The van der Waals surface area contributed by atoms with Crippen LogP contribution in [0.25, 0.3) is 0 Å². The van der Waals surface area contributed by atoms with Gasteiger partial charge in [-0.25, -0.2) is 0 Å². The minimum Gasteiger partial charge on any atom is -0.476 e. The van der Waals surface area contributed by atoms with E-state index in [1.165, 1.54) is 0 Å². The van der Waals surface area contributed by atoms with Gasteiger partial charge in [-0.15, -0.1) is 5.10 Å². The molecule has 2 rings (SSSR count). The van der Waals surface area contributed by atoms with E-state index in [1.807, 2.05) is 0 Å². The van der Waals surface area contributed by atoms with E-state index in [-0.39, 0.29) is 10.6 Å². The summed E-state index contributed by atoms with van der Waals surface area (Å²) >= 11 is 3.32. The summed E-state index contributed by atoms with van der Waals surface area (Å²) in [7, 11) is 1.77. The smallest absolute Gasteiger partial charge is 0.243 e. The van der Waals surface area contributed by atoms with Gasteiger partial charge in [0.15, 0.2) is 5.78 Å². The molecule has 0 bridgehead atoms. The maximum absolute atomic E-state index is 11.7. The first-order valence-corrected chi connectivity index (χ1v) is 4.95. The van der Waals surface area contributed by atoms with Crippen molar-refractivity contribution in [2.45, 2.75) is 11.2 Å². The van der Waals surface area contributed by atoms with Crippen LogP contribution in [0.15, 0.2) is 6.20 Å². The van der Waals surface area contributed by atoms with Crippen molar-refractivity contribution in [3.05, 3.63) is 11.8 Å². The van der Waals surface area contributed by atoms with Crippen molar-refractivity contribution in [3.8, 4) is 5.88 Å². The van der Waals surface area contributed by atoms with Crippen molar-refractivity contribution in [1.82, 2.24) is 9.78 Å². The van der Waals surface area contributed by atoms with Crippen molar-refractivity contribution in [2.24, 2.45) is 7.05 Å². The van der Waals surface area contributed by atoms with Crippen molar-refractivity contribution in [1.29, 1.82) is 0 Å². The fourth-order valence-electron chi connectivity index (χ4n) is 1.30. The zero-order chi connectivity index (χ0) is 9.42. The standard InChI is InChI=1S/C8H9BrN2O2/c1-11-4-5-7(12)6(9)2-3-13-8(5)10-11/h4,6H,2-3H2,1H3. The van der Waals surface area contributed by atoms with E-state index in [9.17, 15) is 4.79 Å². The van der Waals surface area contributed by atoms with Crippen LogP contribution in [0.2, 0.25) is 0 Å². The quantitative estimate of drug-likeness (QED) is 0.644. The SMILES string of the molecule is Cn1cc2c(n1)OCCC(Br)C2=O. The highest BCUT2D eigenvalue weighted by Gasteiger charge is 2.26. The lowest BCUT2D eigenvalue weighted by Gasteiger charge is -2.00. The zero-order valence-corrected chi connectivity index (χ0v) is 8.74. The first-order chi connectivity index (χ1) is 6.18. The number of aromatic nitrogens is 2. The Kier molecular flexibility index (Phi) is 2.11. The van der Waals surface area contributed by atoms with Crippen LogP contribution < -0.4 is 4.74 Å². The van der Waals surface area contributed by atoms with Crippen LogP contribution in [0.3, 0.4) is 0 Å². The summed E-state index contributed by atoms with van der Waals surface area (Å²) in [6.07, 6.45) is 2.39. The van der Waals surface area contributed by atoms with E-state index in [1.54, 1.807) is 17.9 Å². The van der Waals surface area contributed by atoms with Gasteiger partial charge < -0.3 is 4.74 Å². The van der Waals surface area contributed by atoms with Gasteiger partial charge in [0.05, 0.1) is 11.4 Å². The lowest BCUT2D eigenvalue weighted by Crippen LogP contribution is -2.13. The Morgan fingerprint density at radius 3 is 3.31 bits per heavy atom. The molecule has 0 fully saturated rings. The molecule has 1 unspecified atom stereocenters. The third-order valence-electron chi connectivity index (χ3n) is 1.95. The van der Waals surface area contributed by atoms with Gasteiger partial charge in [0.2, 0.25) is 5.88 Å². The van der Waals surface area contributed by atoms with Crippen LogP contribution in [0.5, 0.6) is 5.88 Å². The molecule has 0 saturated heterocycles. The molecular formula is C8H9BrN2O2. The number of ketones is 1. The summed E-state index contributed by atoms with van der Waals surface area (Å²) in [4.78, 5) is 11.5. The average Bonchev–Trinajstić information content (AvgIpc) is 2.40. The molecule has 0 spiro atoms. The number of Topliss-reactive ketones (excluding diaryl/α,β-unsaturated/α-hetero) is 1. The molecule has 13 heavy (non-hydrogen) atoms. The summed E-state index contributed by atoms with van der Waals surface area (Å²) in [5, 5.41) is 4.05. The highest BCUT2D eigenvalue weighted by molar-refractivity contribution is 9.10. The number of carbonyl (C=O) groups is 1. The number of rotatable bonds is 0. The molecule has 0 N–H and O–H groups in total. The second-order valence-electron chi connectivity index (χ2n) is 2.99. The molecule has 1 atom stereocenters. The van der Waals surface area contributed by atoms with Crippen LogP contribution >= 0.6 is 15.9 Å². The fourth-order valence-corrected chi connectivity index (χ4v) is 1.74. The van der Waals surface area contributed by atoms with Crippen LogP contribution in [0.1, 0.15) is 16.8 Å². The second kappa shape index (κ2) is 3.14. The molecule has 2 heterocycles. The molecule has 0 aliphatic carbocycles. The van der Waals surface area contributed by atoms with E-state index in [0.717, 1.165) is 0 Å². The van der Waals surface area contributed by atoms with Gasteiger partial charge in [0.1, 0.15) is 5.56 Å². The Labute approximate surface area is 84.0 Å². The molecule has 1 aliphatic rings. The van der Waals surface area contributed by atoms with Crippen molar-refractivity contribution in [2.75, 3.05) is 6.61 Å². The van der Waals surface area contributed by atoms with Crippen molar-refractivity contribution >= 4 is 21.7 Å². The predicted octanol–water partition coefficient (Wildman–Crippen LogP) is 1.15. The molecule has 70 valence electrons. The third kappa shape index (κ3) is 1.48. The first-order valence-electron chi connectivity index (χ1n) is 4.03. The molecular weight excluding hydrogens is 236 g/mol. The number of hydrogen-bond donors (Lipinski definition) is 0. The highest BCUT2D eigenvalue weighted by Crippen LogP contribution is 2.25. The van der Waals surface area contributed by atoms with Gasteiger partial charge in [-0.1, -0.05) is 15.9 Å². The van der Waals surface area contributed by atoms with E-state index < -0.39 is 0 Å². The number of alkyl halides is 1. The number of fused-ring (bicyclic) bond motifs is 1. The van der Waals surface area contributed by atoms with E-state index >= 15 is 0 Å². The monoisotopic (exact) mass is 244 g/mol. The number of hydrogen-bond acceptors (Lipinski definition) is 3. The Morgan fingerprint density at radius 1 is 1.77 bits per heavy atom. The number of halogens is 1. The fraction of sp³-hybridized carbons (Fsp3) is 0.500. The second-order valence-corrected chi connectivity index (χ2v) is 4.10. The predicted molar refractivity (Wildman–Crippen MR) is 50.4 cm³/mol. The third-order valence-corrected chi connectivity index (χ3v) is 2.83. The minimum absolute atomic E-state index is 0.0561. The van der Waals surface area contributed by atoms with Gasteiger partial charge in [0.25, 0.3) is 0 Å². The van der Waals surface area contributed by atoms with Crippen molar-refractivity contribution in [3.63, 3.8) is 0 Å². The van der Waals surface area contributed by atoms with E-state index in [2.05, 4.69) is 21.0 Å². The summed E-state index contributed by atoms with van der Waals surface area (Å²) in [6.45, 7) is 0.533. The van der Waals surface area contributed by atoms with Gasteiger partial charge in [0, 0.05) is 19.7 Å². The Balaban J connectivity index is 2.45. The maximum atomic E-state index is 11.7. The highest BCUT2D eigenvalue weighted by atomic mass is 79.9. The maximum Gasteiger partial charge on any atom is 0.243 e. The van der Waals surface area contributed by atoms with Crippen LogP contribution in [-0.2, 0) is 7.05 Å². The first kappa shape index (κ1) is 8.74. The lowest BCUT2D eigenvalue weighted by atomic mass is 10.1. The van der Waals surface area contributed by atoms with Gasteiger partial charge in [-0.05, 0) is 0 Å². The molecule has 4 nitrogen and oxygen atoms in total. The summed E-state index contributed by atoms with van der Waals surface area (Å²) in [6, 6.07) is 0. The number of carbonyl (C=O) groups excluding carboxylic acids is 1. The zero-order valence-electron chi connectivity index (χ0n) is 7.16. The summed E-state index contributed by atoms with van der Waals surface area (Å²) in [5.41, 5.74) is 0.571. The molecule has 0 amide bonds. The molecule has 0 radical (unpaired) electrons. The molecule has 0 aromatic carbocycles. The summed E-state index contributed by atoms with van der Waals surface area (Å²) < 4.78 is 6.92. The van der Waals surface area contributed by atoms with Crippen LogP contribution in [0, 0.1) is 0 Å². The number of nitrogens with zero attached hydrogens (tertiary/aromatic N) is 2. The van der Waals surface area contributed by atoms with E-state index in [4.69, 9.17) is 4.74 Å². The molecule has 0 saturated carbocycles. The van der Waals surface area contributed by atoms with Crippen LogP contribution in [-0.4, -0.2) is 27.0 Å². The minimum atomic E-state index is -0.141. The molecule has 1 aromatic heterocycles. The molecule has 1 aromatic rings. The Morgan fingerprint density at radius 2 is 2.54 bits per heavy atom. The Hall–Kier alpha value is -0.840. The van der Waals surface area contributed by atoms with Crippen molar-refractivity contribution < 1.29 is 9.53 Å². The van der Waals surface area contributed by atoms with Gasteiger partial charge in [-0.3, -0.25) is 9.48 Å². The van der Waals surface area contributed by atoms with E-state index in [0.29, 0.717) is 24.5 Å². The lowest BCUT2D eigenvalue weighted by molar-refractivity contribution is 0.0991. The van der Waals surface area contributed by atoms with Crippen LogP contribution in [0.4, 0.5) is 0 Å². The largest absolute Gasteiger partial charge is 0.476 e. The van der Waals surface area contributed by atoms with Gasteiger partial charge in [-0.2, -0.15) is 0 Å². The molecule has 1 aliphatic heterocycles. The average molecular weight is 245 g/mol. The number of aryl methyl sites for hydroxylation is 1. The van der Waals surface area contributed by atoms with Gasteiger partial charge >= 0.3 is 0 Å². The molecule has 5 heteroatoms. The topological polar surface area (TPSA) is 44.1 Å². The summed E-state index contributed by atoms with van der Waals surface area (Å²) in [5.74, 6) is 0.509.